The number of amides is 1. The van der Waals surface area contributed by atoms with Crippen molar-refractivity contribution in [1.82, 2.24) is 4.90 Å². The molecule has 0 aliphatic carbocycles. The average Bonchev–Trinajstić information content (AvgIpc) is 2.72. The van der Waals surface area contributed by atoms with Gasteiger partial charge in [0, 0.05) is 33.1 Å². The summed E-state index contributed by atoms with van der Waals surface area (Å²) in [5.74, 6) is 0.1000. The van der Waals surface area contributed by atoms with Crippen molar-refractivity contribution in [2.75, 3.05) is 31.1 Å². The lowest BCUT2D eigenvalue weighted by molar-refractivity contribution is -0.128. The Kier molecular flexibility index (Phi) is 4.59. The number of carbonyl (C=O) groups is 1. The van der Waals surface area contributed by atoms with E-state index in [9.17, 15) is 10.1 Å². The second-order valence-electron chi connectivity index (χ2n) is 4.97. The number of carbonyl (C=O) groups excluding carboxylic acids is 1. The molecular formula is C15H19N3O2. The summed E-state index contributed by atoms with van der Waals surface area (Å²) in [7, 11) is 0. The Morgan fingerprint density at radius 2 is 2.15 bits per heavy atom. The maximum absolute atomic E-state index is 11.4. The fourth-order valence-corrected chi connectivity index (χ4v) is 2.52. The third-order valence-electron chi connectivity index (χ3n) is 3.65. The lowest BCUT2D eigenvalue weighted by Crippen LogP contribution is -2.33. The maximum Gasteiger partial charge on any atom is 0.219 e. The molecule has 1 aromatic carbocycles. The van der Waals surface area contributed by atoms with E-state index in [1.807, 2.05) is 17.0 Å². The largest absolute Gasteiger partial charge is 0.392 e. The zero-order valence-corrected chi connectivity index (χ0v) is 11.7. The SMILES string of the molecule is CC(=O)N1CCCN(c2ccc(CO)cc2C#N)CC1. The topological polar surface area (TPSA) is 67.6 Å². The van der Waals surface area contributed by atoms with E-state index in [1.165, 1.54) is 0 Å². The molecule has 0 aromatic heterocycles. The minimum absolute atomic E-state index is 0.0624. The van der Waals surface area contributed by atoms with Crippen LogP contribution in [0.3, 0.4) is 0 Å². The highest BCUT2D eigenvalue weighted by atomic mass is 16.3. The van der Waals surface area contributed by atoms with Gasteiger partial charge in [-0.3, -0.25) is 4.79 Å². The number of rotatable bonds is 2. The maximum atomic E-state index is 11.4. The van der Waals surface area contributed by atoms with Gasteiger partial charge in [0.05, 0.1) is 17.9 Å². The third kappa shape index (κ3) is 3.09. The predicted octanol–water partition coefficient (Wildman–Crippen LogP) is 1.11. The molecule has 106 valence electrons. The van der Waals surface area contributed by atoms with Gasteiger partial charge >= 0.3 is 0 Å². The van der Waals surface area contributed by atoms with Crippen LogP contribution in [0.1, 0.15) is 24.5 Å². The smallest absolute Gasteiger partial charge is 0.219 e. The second kappa shape index (κ2) is 6.40. The molecule has 0 atom stereocenters. The Bertz CT molecular complexity index is 536. The van der Waals surface area contributed by atoms with Gasteiger partial charge in [-0.05, 0) is 24.1 Å². The lowest BCUT2D eigenvalue weighted by atomic mass is 10.1. The van der Waals surface area contributed by atoms with E-state index in [1.54, 1.807) is 13.0 Å². The number of benzene rings is 1. The molecule has 1 fully saturated rings. The van der Waals surface area contributed by atoms with Crippen LogP contribution in [0, 0.1) is 11.3 Å². The molecule has 0 saturated carbocycles. The molecule has 1 heterocycles. The van der Waals surface area contributed by atoms with Gasteiger partial charge in [0.25, 0.3) is 0 Å². The number of anilines is 1. The van der Waals surface area contributed by atoms with Gasteiger partial charge in [0.15, 0.2) is 0 Å². The predicted molar refractivity (Wildman–Crippen MR) is 76.2 cm³/mol. The highest BCUT2D eigenvalue weighted by Crippen LogP contribution is 2.23. The van der Waals surface area contributed by atoms with Crippen LogP contribution >= 0.6 is 0 Å². The summed E-state index contributed by atoms with van der Waals surface area (Å²) < 4.78 is 0. The number of nitrogens with zero attached hydrogens (tertiary/aromatic N) is 3. The van der Waals surface area contributed by atoms with E-state index in [0.717, 1.165) is 37.3 Å². The third-order valence-corrected chi connectivity index (χ3v) is 3.65. The van der Waals surface area contributed by atoms with E-state index in [-0.39, 0.29) is 12.5 Å². The van der Waals surface area contributed by atoms with Crippen LogP contribution in [0.4, 0.5) is 5.69 Å². The van der Waals surface area contributed by atoms with E-state index in [2.05, 4.69) is 11.0 Å². The van der Waals surface area contributed by atoms with E-state index in [0.29, 0.717) is 12.1 Å². The first kappa shape index (κ1) is 14.4. The Hall–Kier alpha value is -2.06. The fraction of sp³-hybridized carbons (Fsp3) is 0.467. The van der Waals surface area contributed by atoms with E-state index < -0.39 is 0 Å². The molecule has 0 bridgehead atoms. The molecule has 1 N–H and O–H groups in total. The average molecular weight is 273 g/mol. The molecule has 1 saturated heterocycles. The van der Waals surface area contributed by atoms with Crippen molar-refractivity contribution in [3.05, 3.63) is 29.3 Å². The highest BCUT2D eigenvalue weighted by Gasteiger charge is 2.18. The van der Waals surface area contributed by atoms with Crippen LogP contribution in [0.25, 0.3) is 0 Å². The van der Waals surface area contributed by atoms with E-state index >= 15 is 0 Å². The van der Waals surface area contributed by atoms with Gasteiger partial charge in [0.2, 0.25) is 5.91 Å². The first-order chi connectivity index (χ1) is 9.65. The van der Waals surface area contributed by atoms with Gasteiger partial charge in [-0.2, -0.15) is 5.26 Å². The Balaban J connectivity index is 2.19. The van der Waals surface area contributed by atoms with Crippen molar-refractivity contribution in [1.29, 1.82) is 5.26 Å². The van der Waals surface area contributed by atoms with Crippen LogP contribution in [0.2, 0.25) is 0 Å². The monoisotopic (exact) mass is 273 g/mol. The zero-order chi connectivity index (χ0) is 14.5. The summed E-state index contributed by atoms with van der Waals surface area (Å²) in [6.45, 7) is 4.54. The molecule has 1 aliphatic heterocycles. The molecule has 1 amide bonds. The fourth-order valence-electron chi connectivity index (χ4n) is 2.52. The quantitative estimate of drug-likeness (QED) is 0.876. The molecule has 0 spiro atoms. The van der Waals surface area contributed by atoms with Crippen molar-refractivity contribution in [3.8, 4) is 6.07 Å². The summed E-state index contributed by atoms with van der Waals surface area (Å²) in [6.07, 6.45) is 0.895. The molecule has 0 unspecified atom stereocenters. The molecule has 0 radical (unpaired) electrons. The van der Waals surface area contributed by atoms with Crippen LogP contribution in [-0.2, 0) is 11.4 Å². The zero-order valence-electron chi connectivity index (χ0n) is 11.7. The van der Waals surface area contributed by atoms with E-state index in [4.69, 9.17) is 5.11 Å². The van der Waals surface area contributed by atoms with Crippen molar-refractivity contribution >= 4 is 11.6 Å². The van der Waals surface area contributed by atoms with Gasteiger partial charge in [0.1, 0.15) is 6.07 Å². The molecule has 5 nitrogen and oxygen atoms in total. The summed E-state index contributed by atoms with van der Waals surface area (Å²) in [6, 6.07) is 7.63. The lowest BCUT2D eigenvalue weighted by Gasteiger charge is -2.24. The Labute approximate surface area is 119 Å². The first-order valence-corrected chi connectivity index (χ1v) is 6.80. The molecule has 1 aromatic rings. The highest BCUT2D eigenvalue weighted by molar-refractivity contribution is 5.73. The number of hydrogen-bond donors (Lipinski definition) is 1. The van der Waals surface area contributed by atoms with Crippen LogP contribution < -0.4 is 4.90 Å². The second-order valence-corrected chi connectivity index (χ2v) is 4.97. The Morgan fingerprint density at radius 1 is 1.35 bits per heavy atom. The molecule has 5 heteroatoms. The van der Waals surface area contributed by atoms with Crippen LogP contribution in [0.15, 0.2) is 18.2 Å². The molecule has 20 heavy (non-hydrogen) atoms. The van der Waals surface area contributed by atoms with Gasteiger partial charge in [-0.25, -0.2) is 0 Å². The summed E-state index contributed by atoms with van der Waals surface area (Å²) in [5.41, 5.74) is 2.20. The summed E-state index contributed by atoms with van der Waals surface area (Å²) in [5, 5.41) is 18.4. The minimum atomic E-state index is -0.0624. The normalized spacial score (nSPS) is 15.7. The summed E-state index contributed by atoms with van der Waals surface area (Å²) >= 11 is 0. The van der Waals surface area contributed by atoms with Crippen LogP contribution in [-0.4, -0.2) is 42.1 Å². The van der Waals surface area contributed by atoms with Crippen molar-refractivity contribution < 1.29 is 9.90 Å². The molecule has 1 aliphatic rings. The van der Waals surface area contributed by atoms with Crippen molar-refractivity contribution in [2.24, 2.45) is 0 Å². The number of hydrogen-bond acceptors (Lipinski definition) is 4. The minimum Gasteiger partial charge on any atom is -0.392 e. The van der Waals surface area contributed by atoms with Gasteiger partial charge in [-0.15, -0.1) is 0 Å². The Morgan fingerprint density at radius 3 is 2.80 bits per heavy atom. The van der Waals surface area contributed by atoms with Crippen molar-refractivity contribution in [3.63, 3.8) is 0 Å². The number of aliphatic hydroxyl groups is 1. The standard InChI is InChI=1S/C15H19N3O2/c1-12(20)17-5-2-6-18(8-7-17)15-4-3-13(11-19)9-14(15)10-16/h3-4,9,19H,2,5-8,11H2,1H3. The first-order valence-electron chi connectivity index (χ1n) is 6.80. The van der Waals surface area contributed by atoms with Gasteiger partial charge < -0.3 is 14.9 Å². The summed E-state index contributed by atoms with van der Waals surface area (Å²) in [4.78, 5) is 15.4. The van der Waals surface area contributed by atoms with Gasteiger partial charge in [-0.1, -0.05) is 6.07 Å². The van der Waals surface area contributed by atoms with Crippen LogP contribution in [0.5, 0.6) is 0 Å². The number of aliphatic hydroxyl groups excluding tert-OH is 1. The molecule has 2 rings (SSSR count). The van der Waals surface area contributed by atoms with Crippen molar-refractivity contribution in [2.45, 2.75) is 20.0 Å². The molecular weight excluding hydrogens is 254 g/mol. The number of nitriles is 1.